The molecule has 1 heterocycles. The fourth-order valence-electron chi connectivity index (χ4n) is 9.77. The van der Waals surface area contributed by atoms with Gasteiger partial charge < -0.3 is 9.32 Å². The lowest BCUT2D eigenvalue weighted by molar-refractivity contribution is 0.638. The maximum Gasteiger partial charge on any atom is 0.139 e. The number of benzene rings is 8. The molecule has 8 aromatic carbocycles. The van der Waals surface area contributed by atoms with Crippen LogP contribution in [0.2, 0.25) is 0 Å². The number of anilines is 3. The van der Waals surface area contributed by atoms with Crippen molar-refractivity contribution in [2.45, 2.75) is 31.6 Å². The van der Waals surface area contributed by atoms with Crippen LogP contribution in [0.5, 0.6) is 0 Å². The fraction of sp³-hybridized carbons (Fsp3) is 0.0943. The number of rotatable bonds is 5. The SMILES string of the molecule is CC1(C)c2ccccc2-c2ccc(-c3ccc(N(c4ccccc4)c4ccc5oc6c(C7(C)c8ccccc8-c8ccccc87)cccc6c5c4)cc3)cc21. The molecule has 0 N–H and O–H groups in total. The first-order valence-electron chi connectivity index (χ1n) is 19.3. The van der Waals surface area contributed by atoms with E-state index in [1.165, 1.54) is 61.2 Å². The van der Waals surface area contributed by atoms with Crippen LogP contribution >= 0.6 is 0 Å². The minimum atomic E-state index is -0.347. The third kappa shape index (κ3) is 4.55. The summed E-state index contributed by atoms with van der Waals surface area (Å²) in [4.78, 5) is 2.35. The van der Waals surface area contributed by atoms with Gasteiger partial charge in [-0.1, -0.05) is 147 Å². The van der Waals surface area contributed by atoms with E-state index in [-0.39, 0.29) is 10.8 Å². The van der Waals surface area contributed by atoms with E-state index in [1.54, 1.807) is 0 Å². The van der Waals surface area contributed by atoms with Gasteiger partial charge in [-0.15, -0.1) is 0 Å². The van der Waals surface area contributed by atoms with Crippen LogP contribution in [0.25, 0.3) is 55.3 Å². The Morgan fingerprint density at radius 1 is 0.382 bits per heavy atom. The molecule has 2 heteroatoms. The first kappa shape index (κ1) is 31.8. The Balaban J connectivity index is 1.01. The molecule has 262 valence electrons. The average Bonchev–Trinajstić information content (AvgIpc) is 3.82. The van der Waals surface area contributed by atoms with Crippen molar-refractivity contribution in [2.24, 2.45) is 0 Å². The van der Waals surface area contributed by atoms with Gasteiger partial charge in [0.1, 0.15) is 11.2 Å². The van der Waals surface area contributed by atoms with Crippen LogP contribution in [0.4, 0.5) is 17.1 Å². The predicted octanol–water partition coefficient (Wildman–Crippen LogP) is 14.4. The third-order valence-corrected chi connectivity index (χ3v) is 12.6. The summed E-state index contributed by atoms with van der Waals surface area (Å²) in [5, 5.41) is 2.24. The number of nitrogens with zero attached hydrogens (tertiary/aromatic N) is 1. The minimum Gasteiger partial charge on any atom is -0.456 e. The van der Waals surface area contributed by atoms with Crippen molar-refractivity contribution in [1.29, 1.82) is 0 Å². The van der Waals surface area contributed by atoms with E-state index in [4.69, 9.17) is 4.42 Å². The molecule has 2 aliphatic carbocycles. The first-order chi connectivity index (χ1) is 26.9. The smallest absolute Gasteiger partial charge is 0.139 e. The van der Waals surface area contributed by atoms with Gasteiger partial charge in [0.05, 0.1) is 0 Å². The third-order valence-electron chi connectivity index (χ3n) is 12.6. The van der Waals surface area contributed by atoms with Gasteiger partial charge in [0.15, 0.2) is 0 Å². The number of hydrogen-bond acceptors (Lipinski definition) is 2. The van der Waals surface area contributed by atoms with E-state index in [0.717, 1.165) is 39.0 Å². The van der Waals surface area contributed by atoms with Crippen LogP contribution in [0.1, 0.15) is 48.6 Å². The molecular weight excluding hydrogens is 667 g/mol. The zero-order chi connectivity index (χ0) is 36.9. The van der Waals surface area contributed by atoms with Gasteiger partial charge in [-0.05, 0) is 111 Å². The summed E-state index contributed by atoms with van der Waals surface area (Å²) in [5.74, 6) is 0. The molecule has 0 amide bonds. The number of para-hydroxylation sites is 2. The van der Waals surface area contributed by atoms with Gasteiger partial charge in [0.2, 0.25) is 0 Å². The van der Waals surface area contributed by atoms with E-state index in [1.807, 2.05) is 0 Å². The average molecular weight is 706 g/mol. The predicted molar refractivity (Wildman–Crippen MR) is 229 cm³/mol. The van der Waals surface area contributed by atoms with Gasteiger partial charge in [0, 0.05) is 44.2 Å². The molecule has 2 aliphatic rings. The summed E-state index contributed by atoms with van der Waals surface area (Å²) in [6.07, 6.45) is 0. The molecule has 0 aliphatic heterocycles. The van der Waals surface area contributed by atoms with Crippen molar-refractivity contribution in [3.05, 3.63) is 210 Å². The van der Waals surface area contributed by atoms with E-state index in [0.29, 0.717) is 0 Å². The first-order valence-corrected chi connectivity index (χ1v) is 19.3. The summed E-state index contributed by atoms with van der Waals surface area (Å²) in [6, 6.07) is 66.4. The van der Waals surface area contributed by atoms with E-state index >= 15 is 0 Å². The standard InChI is InChI=1S/C53H39NO/c1-52(2)45-20-10-7-16-39(45)42-30-26-35(32-49(42)52)34-24-27-37(28-25-34)54(36-14-5-4-6-15-36)38-29-31-50-44(33-38)43-19-13-23-48(51(43)55-50)53(3)46-21-11-8-17-40(46)41-18-9-12-22-47(41)53/h4-33H,1-3H3. The highest BCUT2D eigenvalue weighted by Gasteiger charge is 2.42. The van der Waals surface area contributed by atoms with Crippen LogP contribution in [0.15, 0.2) is 186 Å². The van der Waals surface area contributed by atoms with Crippen molar-refractivity contribution in [3.8, 4) is 33.4 Å². The van der Waals surface area contributed by atoms with Crippen molar-refractivity contribution in [1.82, 2.24) is 0 Å². The van der Waals surface area contributed by atoms with Crippen LogP contribution in [-0.4, -0.2) is 0 Å². The molecule has 0 saturated heterocycles. The van der Waals surface area contributed by atoms with Crippen molar-refractivity contribution >= 4 is 39.0 Å². The van der Waals surface area contributed by atoms with Gasteiger partial charge in [-0.3, -0.25) is 0 Å². The summed E-state index contributed by atoms with van der Waals surface area (Å²) < 4.78 is 6.85. The van der Waals surface area contributed by atoms with Gasteiger partial charge in [-0.25, -0.2) is 0 Å². The lowest BCUT2D eigenvalue weighted by Gasteiger charge is -2.28. The molecule has 0 atom stereocenters. The Morgan fingerprint density at radius 3 is 1.64 bits per heavy atom. The second-order valence-corrected chi connectivity index (χ2v) is 15.8. The Bertz CT molecular complexity index is 2920. The molecule has 11 rings (SSSR count). The normalized spacial score (nSPS) is 14.4. The van der Waals surface area contributed by atoms with Gasteiger partial charge in [-0.2, -0.15) is 0 Å². The highest BCUT2D eigenvalue weighted by molar-refractivity contribution is 6.08. The zero-order valence-corrected chi connectivity index (χ0v) is 31.2. The van der Waals surface area contributed by atoms with Gasteiger partial charge in [0.25, 0.3) is 0 Å². The van der Waals surface area contributed by atoms with E-state index in [9.17, 15) is 0 Å². The molecule has 0 radical (unpaired) electrons. The lowest BCUT2D eigenvalue weighted by Crippen LogP contribution is -2.22. The number of furan rings is 1. The maximum atomic E-state index is 6.85. The van der Waals surface area contributed by atoms with Crippen LogP contribution in [0.3, 0.4) is 0 Å². The molecule has 2 nitrogen and oxygen atoms in total. The Kier molecular flexibility index (Phi) is 6.76. The molecule has 0 bridgehead atoms. The Labute approximate surface area is 322 Å². The second kappa shape index (κ2) is 11.7. The van der Waals surface area contributed by atoms with Crippen LogP contribution in [0, 0.1) is 0 Å². The van der Waals surface area contributed by atoms with Crippen LogP contribution in [-0.2, 0) is 10.8 Å². The van der Waals surface area contributed by atoms with Crippen molar-refractivity contribution < 1.29 is 4.42 Å². The maximum absolute atomic E-state index is 6.85. The highest BCUT2D eigenvalue weighted by Crippen LogP contribution is 2.54. The second-order valence-electron chi connectivity index (χ2n) is 15.8. The molecular formula is C53H39NO. The summed E-state index contributed by atoms with van der Waals surface area (Å²) in [7, 11) is 0. The molecule has 0 spiro atoms. The quantitative estimate of drug-likeness (QED) is 0.177. The van der Waals surface area contributed by atoms with Gasteiger partial charge >= 0.3 is 0 Å². The number of fused-ring (bicyclic) bond motifs is 9. The lowest BCUT2D eigenvalue weighted by atomic mass is 9.74. The van der Waals surface area contributed by atoms with Crippen LogP contribution < -0.4 is 4.90 Å². The zero-order valence-electron chi connectivity index (χ0n) is 31.2. The monoisotopic (exact) mass is 705 g/mol. The van der Waals surface area contributed by atoms with E-state index in [2.05, 4.69) is 208 Å². The minimum absolute atomic E-state index is 0.0353. The molecule has 9 aromatic rings. The largest absolute Gasteiger partial charge is 0.456 e. The van der Waals surface area contributed by atoms with E-state index < -0.39 is 0 Å². The summed E-state index contributed by atoms with van der Waals surface area (Å²) in [6.45, 7) is 7.04. The highest BCUT2D eigenvalue weighted by atomic mass is 16.3. The van der Waals surface area contributed by atoms with Crippen molar-refractivity contribution in [3.63, 3.8) is 0 Å². The molecule has 0 saturated carbocycles. The summed E-state index contributed by atoms with van der Waals surface area (Å²) >= 11 is 0. The Morgan fingerprint density at radius 2 is 0.927 bits per heavy atom. The Hall–Kier alpha value is -6.64. The topological polar surface area (TPSA) is 16.4 Å². The molecule has 0 fully saturated rings. The van der Waals surface area contributed by atoms with Crippen molar-refractivity contribution in [2.75, 3.05) is 4.90 Å². The fourth-order valence-corrected chi connectivity index (χ4v) is 9.77. The number of hydrogen-bond donors (Lipinski definition) is 0. The molecule has 55 heavy (non-hydrogen) atoms. The molecule has 0 unspecified atom stereocenters. The summed E-state index contributed by atoms with van der Waals surface area (Å²) in [5.41, 5.74) is 19.1. The molecule has 1 aromatic heterocycles.